The highest BCUT2D eigenvalue weighted by atomic mass is 16.3. The van der Waals surface area contributed by atoms with Gasteiger partial charge in [0.2, 0.25) is 0 Å². The van der Waals surface area contributed by atoms with Crippen LogP contribution >= 0.6 is 0 Å². The third-order valence-corrected chi connectivity index (χ3v) is 3.85. The molecular weight excluding hydrogens is 260 g/mol. The summed E-state index contributed by atoms with van der Waals surface area (Å²) < 4.78 is 0. The van der Waals surface area contributed by atoms with E-state index in [1.165, 1.54) is 16.7 Å². The SMILES string of the molecule is Cc1cccc(C)c1CC(O)c1cnc2ccccc2n1. The summed E-state index contributed by atoms with van der Waals surface area (Å²) in [5.74, 6) is 0. The van der Waals surface area contributed by atoms with E-state index in [1.54, 1.807) is 6.20 Å². The molecule has 0 spiro atoms. The van der Waals surface area contributed by atoms with Crippen molar-refractivity contribution in [1.29, 1.82) is 0 Å². The fraction of sp³-hybridized carbons (Fsp3) is 0.222. The number of hydrogen-bond acceptors (Lipinski definition) is 3. The smallest absolute Gasteiger partial charge is 0.102 e. The van der Waals surface area contributed by atoms with Gasteiger partial charge >= 0.3 is 0 Å². The standard InChI is InChI=1S/C18H18N2O/c1-12-6-5-7-13(2)14(12)10-18(21)17-11-19-15-8-3-4-9-16(15)20-17/h3-9,11,18,21H,10H2,1-2H3. The van der Waals surface area contributed by atoms with Gasteiger partial charge in [0.15, 0.2) is 0 Å². The van der Waals surface area contributed by atoms with Gasteiger partial charge in [0, 0.05) is 6.42 Å². The molecule has 3 aromatic rings. The summed E-state index contributed by atoms with van der Waals surface area (Å²) in [7, 11) is 0. The number of nitrogens with zero attached hydrogens (tertiary/aromatic N) is 2. The average molecular weight is 278 g/mol. The third kappa shape index (κ3) is 2.78. The van der Waals surface area contributed by atoms with Gasteiger partial charge in [-0.1, -0.05) is 30.3 Å². The van der Waals surface area contributed by atoms with Gasteiger partial charge in [-0.2, -0.15) is 0 Å². The molecule has 1 heterocycles. The number of rotatable bonds is 3. The lowest BCUT2D eigenvalue weighted by Crippen LogP contribution is -2.07. The molecule has 0 bridgehead atoms. The summed E-state index contributed by atoms with van der Waals surface area (Å²) in [5, 5.41) is 10.5. The fourth-order valence-corrected chi connectivity index (χ4v) is 2.60. The molecule has 0 saturated heterocycles. The summed E-state index contributed by atoms with van der Waals surface area (Å²) in [6.07, 6.45) is 1.59. The lowest BCUT2D eigenvalue weighted by atomic mass is 9.96. The van der Waals surface area contributed by atoms with Gasteiger partial charge < -0.3 is 5.11 Å². The molecule has 3 rings (SSSR count). The molecule has 1 atom stereocenters. The van der Waals surface area contributed by atoms with E-state index in [4.69, 9.17) is 0 Å². The number of para-hydroxylation sites is 2. The van der Waals surface area contributed by atoms with E-state index in [2.05, 4.69) is 35.9 Å². The zero-order valence-electron chi connectivity index (χ0n) is 12.2. The number of aliphatic hydroxyl groups excluding tert-OH is 1. The molecule has 1 unspecified atom stereocenters. The minimum Gasteiger partial charge on any atom is -0.386 e. The Morgan fingerprint density at radius 3 is 2.33 bits per heavy atom. The predicted octanol–water partition coefficient (Wildman–Crippen LogP) is 3.52. The van der Waals surface area contributed by atoms with Crippen molar-refractivity contribution in [3.63, 3.8) is 0 Å². The second-order valence-corrected chi connectivity index (χ2v) is 5.37. The van der Waals surface area contributed by atoms with Crippen molar-refractivity contribution < 1.29 is 5.11 Å². The third-order valence-electron chi connectivity index (χ3n) is 3.85. The van der Waals surface area contributed by atoms with Crippen LogP contribution < -0.4 is 0 Å². The maximum atomic E-state index is 10.5. The first kappa shape index (κ1) is 13.7. The minimum atomic E-state index is -0.637. The molecular formula is C18H18N2O. The Bertz CT molecular complexity index is 763. The second-order valence-electron chi connectivity index (χ2n) is 5.37. The Hall–Kier alpha value is -2.26. The molecule has 0 aliphatic rings. The Kier molecular flexibility index (Phi) is 3.67. The van der Waals surface area contributed by atoms with Crippen LogP contribution in [0.25, 0.3) is 11.0 Å². The average Bonchev–Trinajstić information content (AvgIpc) is 2.50. The largest absolute Gasteiger partial charge is 0.386 e. The number of aryl methyl sites for hydroxylation is 2. The van der Waals surface area contributed by atoms with Crippen LogP contribution in [-0.4, -0.2) is 15.1 Å². The Labute approximate surface area is 124 Å². The number of benzene rings is 2. The molecule has 0 radical (unpaired) electrons. The Morgan fingerprint density at radius 2 is 1.62 bits per heavy atom. The second kappa shape index (κ2) is 5.62. The normalized spacial score (nSPS) is 12.5. The summed E-state index contributed by atoms with van der Waals surface area (Å²) in [6, 6.07) is 13.9. The van der Waals surface area contributed by atoms with Crippen LogP contribution in [0, 0.1) is 13.8 Å². The number of aromatic nitrogens is 2. The molecule has 0 aliphatic carbocycles. The van der Waals surface area contributed by atoms with Gasteiger partial charge in [0.1, 0.15) is 6.10 Å². The minimum absolute atomic E-state index is 0.561. The van der Waals surface area contributed by atoms with Crippen molar-refractivity contribution in [3.8, 4) is 0 Å². The predicted molar refractivity (Wildman–Crippen MR) is 84.1 cm³/mol. The van der Waals surface area contributed by atoms with Crippen LogP contribution in [0.3, 0.4) is 0 Å². The summed E-state index contributed by atoms with van der Waals surface area (Å²) in [5.41, 5.74) is 5.86. The topological polar surface area (TPSA) is 46.0 Å². The van der Waals surface area contributed by atoms with E-state index in [1.807, 2.05) is 30.3 Å². The lowest BCUT2D eigenvalue weighted by Gasteiger charge is -2.14. The Morgan fingerprint density at radius 1 is 0.952 bits per heavy atom. The molecule has 1 N–H and O–H groups in total. The molecule has 2 aromatic carbocycles. The summed E-state index contributed by atoms with van der Waals surface area (Å²) in [6.45, 7) is 4.14. The van der Waals surface area contributed by atoms with Gasteiger partial charge in [0.25, 0.3) is 0 Å². The van der Waals surface area contributed by atoms with Crippen molar-refractivity contribution in [2.75, 3.05) is 0 Å². The molecule has 0 fully saturated rings. The van der Waals surface area contributed by atoms with Gasteiger partial charge in [-0.05, 0) is 42.7 Å². The van der Waals surface area contributed by atoms with Crippen LogP contribution in [0.1, 0.15) is 28.5 Å². The zero-order valence-corrected chi connectivity index (χ0v) is 12.2. The van der Waals surface area contributed by atoms with Crippen molar-refractivity contribution in [2.24, 2.45) is 0 Å². The molecule has 1 aromatic heterocycles. The van der Waals surface area contributed by atoms with E-state index in [0.29, 0.717) is 12.1 Å². The maximum absolute atomic E-state index is 10.5. The maximum Gasteiger partial charge on any atom is 0.102 e. The molecule has 3 nitrogen and oxygen atoms in total. The molecule has 3 heteroatoms. The van der Waals surface area contributed by atoms with Crippen LogP contribution in [0.5, 0.6) is 0 Å². The van der Waals surface area contributed by atoms with E-state index in [9.17, 15) is 5.11 Å². The molecule has 0 amide bonds. The van der Waals surface area contributed by atoms with Crippen molar-refractivity contribution in [1.82, 2.24) is 9.97 Å². The van der Waals surface area contributed by atoms with Crippen LogP contribution in [0.15, 0.2) is 48.7 Å². The zero-order chi connectivity index (χ0) is 14.8. The first-order chi connectivity index (χ1) is 10.1. The molecule has 21 heavy (non-hydrogen) atoms. The quantitative estimate of drug-likeness (QED) is 0.797. The first-order valence-electron chi connectivity index (χ1n) is 7.10. The van der Waals surface area contributed by atoms with Gasteiger partial charge in [-0.3, -0.25) is 4.98 Å². The molecule has 0 aliphatic heterocycles. The van der Waals surface area contributed by atoms with Gasteiger partial charge in [0.05, 0.1) is 22.9 Å². The van der Waals surface area contributed by atoms with Crippen LogP contribution in [-0.2, 0) is 6.42 Å². The molecule has 0 saturated carbocycles. The van der Waals surface area contributed by atoms with E-state index in [-0.39, 0.29) is 0 Å². The van der Waals surface area contributed by atoms with Crippen LogP contribution in [0.2, 0.25) is 0 Å². The van der Waals surface area contributed by atoms with Gasteiger partial charge in [-0.15, -0.1) is 0 Å². The fourth-order valence-electron chi connectivity index (χ4n) is 2.60. The van der Waals surface area contributed by atoms with Crippen molar-refractivity contribution >= 4 is 11.0 Å². The van der Waals surface area contributed by atoms with E-state index < -0.39 is 6.10 Å². The van der Waals surface area contributed by atoms with Crippen LogP contribution in [0.4, 0.5) is 0 Å². The van der Waals surface area contributed by atoms with E-state index >= 15 is 0 Å². The Balaban J connectivity index is 1.91. The number of aliphatic hydroxyl groups is 1. The monoisotopic (exact) mass is 278 g/mol. The number of fused-ring (bicyclic) bond motifs is 1. The van der Waals surface area contributed by atoms with Crippen molar-refractivity contribution in [3.05, 3.63) is 71.0 Å². The number of hydrogen-bond donors (Lipinski definition) is 1. The first-order valence-corrected chi connectivity index (χ1v) is 7.10. The van der Waals surface area contributed by atoms with E-state index in [0.717, 1.165) is 11.0 Å². The highest BCUT2D eigenvalue weighted by molar-refractivity contribution is 5.73. The highest BCUT2D eigenvalue weighted by Crippen LogP contribution is 2.22. The van der Waals surface area contributed by atoms with Gasteiger partial charge in [-0.25, -0.2) is 4.98 Å². The highest BCUT2D eigenvalue weighted by Gasteiger charge is 2.14. The summed E-state index contributed by atoms with van der Waals surface area (Å²) >= 11 is 0. The van der Waals surface area contributed by atoms with Crippen molar-refractivity contribution in [2.45, 2.75) is 26.4 Å². The summed E-state index contributed by atoms with van der Waals surface area (Å²) in [4.78, 5) is 8.88. The molecule has 106 valence electrons. The lowest BCUT2D eigenvalue weighted by molar-refractivity contribution is 0.173.